The Bertz CT molecular complexity index is 1420. The van der Waals surface area contributed by atoms with Gasteiger partial charge in [0.2, 0.25) is 5.95 Å². The van der Waals surface area contributed by atoms with Crippen LogP contribution in [0.15, 0.2) is 23.2 Å². The summed E-state index contributed by atoms with van der Waals surface area (Å²) in [6.45, 7) is 10.5. The van der Waals surface area contributed by atoms with E-state index in [9.17, 15) is 18.3 Å². The molecule has 1 N–H and O–H groups in total. The zero-order valence-electron chi connectivity index (χ0n) is 21.0. The van der Waals surface area contributed by atoms with E-state index in [4.69, 9.17) is 14.7 Å². The van der Waals surface area contributed by atoms with E-state index < -0.39 is 21.4 Å². The number of imidazole rings is 1. The fourth-order valence-corrected chi connectivity index (χ4v) is 5.64. The normalized spacial score (nSPS) is 16.6. The molecule has 3 aromatic rings. The molecule has 1 aliphatic rings. The van der Waals surface area contributed by atoms with Gasteiger partial charge in [0.1, 0.15) is 5.82 Å². The highest BCUT2D eigenvalue weighted by atomic mass is 32.2. The molecule has 0 unspecified atom stereocenters. The maximum absolute atomic E-state index is 12.5. The van der Waals surface area contributed by atoms with Crippen molar-refractivity contribution in [2.75, 3.05) is 24.8 Å². The van der Waals surface area contributed by atoms with E-state index in [0.29, 0.717) is 41.3 Å². The minimum atomic E-state index is -3.68. The lowest BCUT2D eigenvalue weighted by Gasteiger charge is -2.38. The van der Waals surface area contributed by atoms with E-state index in [1.807, 2.05) is 11.5 Å². The average Bonchev–Trinajstić information content (AvgIpc) is 3.12. The number of aryl methyl sites for hydroxylation is 1. The summed E-state index contributed by atoms with van der Waals surface area (Å²) in [5, 5.41) is 10.4. The number of sulfone groups is 1. The van der Waals surface area contributed by atoms with Crippen molar-refractivity contribution in [2.24, 2.45) is 5.92 Å². The number of aromatic nitrogens is 4. The van der Waals surface area contributed by atoms with Gasteiger partial charge in [-0.05, 0) is 38.8 Å². The molecule has 4 rings (SSSR count). The van der Waals surface area contributed by atoms with Crippen LogP contribution in [0.25, 0.3) is 11.0 Å². The number of aliphatic hydroxyl groups is 1. The zero-order valence-corrected chi connectivity index (χ0v) is 21.8. The van der Waals surface area contributed by atoms with Crippen LogP contribution in [0.3, 0.4) is 0 Å². The van der Waals surface area contributed by atoms with Crippen LogP contribution in [0.1, 0.15) is 61.2 Å². The number of anilines is 1. The number of nitrogens with zero attached hydrogens (tertiary/aromatic N) is 5. The molecule has 0 bridgehead atoms. The third-order valence-electron chi connectivity index (χ3n) is 6.36. The number of methoxy groups -OCH3 is 1. The predicted molar refractivity (Wildman–Crippen MR) is 131 cm³/mol. The fourth-order valence-electron chi connectivity index (χ4n) is 4.77. The summed E-state index contributed by atoms with van der Waals surface area (Å²) >= 11 is 0. The summed E-state index contributed by atoms with van der Waals surface area (Å²) in [5.74, 6) is 0.685. The van der Waals surface area contributed by atoms with Crippen molar-refractivity contribution < 1.29 is 23.1 Å². The summed E-state index contributed by atoms with van der Waals surface area (Å²) in [6.07, 6.45) is 2.73. The van der Waals surface area contributed by atoms with Crippen molar-refractivity contribution in [1.29, 1.82) is 0 Å². The van der Waals surface area contributed by atoms with Crippen LogP contribution < -0.4 is 4.90 Å². The van der Waals surface area contributed by atoms with Gasteiger partial charge >= 0.3 is 5.97 Å². The molecule has 0 amide bonds. The molecule has 0 saturated heterocycles. The van der Waals surface area contributed by atoms with Gasteiger partial charge in [0.25, 0.3) is 0 Å². The lowest BCUT2D eigenvalue weighted by atomic mass is 9.98. The van der Waals surface area contributed by atoms with E-state index >= 15 is 0 Å². The van der Waals surface area contributed by atoms with E-state index in [2.05, 4.69) is 23.7 Å². The molecular formula is C24H31N5O5S. The lowest BCUT2D eigenvalue weighted by molar-refractivity contribution is 0.0596. The third-order valence-corrected chi connectivity index (χ3v) is 7.50. The second-order valence-electron chi connectivity index (χ2n) is 9.83. The summed E-state index contributed by atoms with van der Waals surface area (Å²) in [5.41, 5.74) is 1.45. The monoisotopic (exact) mass is 501 g/mol. The van der Waals surface area contributed by atoms with Crippen molar-refractivity contribution >= 4 is 32.8 Å². The highest BCUT2D eigenvalue weighted by Gasteiger charge is 2.36. The van der Waals surface area contributed by atoms with Crippen molar-refractivity contribution in [3.63, 3.8) is 0 Å². The van der Waals surface area contributed by atoms with E-state index in [0.717, 1.165) is 12.1 Å². The summed E-state index contributed by atoms with van der Waals surface area (Å²) in [4.78, 5) is 28.4. The Morgan fingerprint density at radius 2 is 1.91 bits per heavy atom. The fraction of sp³-hybridized carbons (Fsp3) is 0.500. The molecule has 1 atom stereocenters. The van der Waals surface area contributed by atoms with Crippen molar-refractivity contribution in [1.82, 2.24) is 19.5 Å². The van der Waals surface area contributed by atoms with Crippen molar-refractivity contribution in [3.8, 4) is 0 Å². The Kier molecular flexibility index (Phi) is 6.13. The van der Waals surface area contributed by atoms with Crippen LogP contribution in [0.5, 0.6) is 0 Å². The van der Waals surface area contributed by atoms with Crippen LogP contribution >= 0.6 is 0 Å². The van der Waals surface area contributed by atoms with Crippen LogP contribution in [0.4, 0.5) is 5.95 Å². The molecule has 188 valence electrons. The zero-order chi connectivity index (χ0) is 25.9. The molecule has 0 aliphatic carbocycles. The van der Waals surface area contributed by atoms with Gasteiger partial charge in [-0.15, -0.1) is 0 Å². The van der Waals surface area contributed by atoms with Crippen molar-refractivity contribution in [2.45, 2.75) is 57.7 Å². The summed E-state index contributed by atoms with van der Waals surface area (Å²) in [6, 6.07) is 2.81. The molecule has 3 heterocycles. The van der Waals surface area contributed by atoms with Gasteiger partial charge in [0, 0.05) is 36.8 Å². The first-order valence-electron chi connectivity index (χ1n) is 11.4. The van der Waals surface area contributed by atoms with Gasteiger partial charge in [-0.25, -0.2) is 28.2 Å². The number of esters is 1. The van der Waals surface area contributed by atoms with E-state index in [1.54, 1.807) is 20.0 Å². The molecule has 11 heteroatoms. The quantitative estimate of drug-likeness (QED) is 0.525. The summed E-state index contributed by atoms with van der Waals surface area (Å²) < 4.78 is 31.8. The van der Waals surface area contributed by atoms with Gasteiger partial charge in [-0.2, -0.15) is 0 Å². The second-order valence-corrected chi connectivity index (χ2v) is 11.8. The Labute approximate surface area is 204 Å². The first-order valence-corrected chi connectivity index (χ1v) is 13.3. The molecular weight excluding hydrogens is 470 g/mol. The summed E-state index contributed by atoms with van der Waals surface area (Å²) in [7, 11) is -2.46. The largest absolute Gasteiger partial charge is 0.465 e. The molecule has 10 nitrogen and oxygen atoms in total. The minimum absolute atomic E-state index is 0.0305. The maximum atomic E-state index is 12.5. The minimum Gasteiger partial charge on any atom is -0.465 e. The smallest absolute Gasteiger partial charge is 0.339 e. The van der Waals surface area contributed by atoms with Gasteiger partial charge in [-0.1, -0.05) is 13.8 Å². The number of hydrogen-bond acceptors (Lipinski definition) is 9. The molecule has 2 aromatic heterocycles. The molecule has 0 spiro atoms. The second kappa shape index (κ2) is 8.56. The van der Waals surface area contributed by atoms with Crippen LogP contribution in [0.2, 0.25) is 0 Å². The number of fused-ring (bicyclic) bond motifs is 3. The molecule has 0 radical (unpaired) electrons. The SMILES string of the molecule is COC(=O)c1cc2nc3n(c2cc1S(C)(=O)=O)CCN(c1ncc(C(C)(C)O)c(C)n1)[C@@H]3C(C)C. The van der Waals surface area contributed by atoms with E-state index in [-0.39, 0.29) is 22.4 Å². The van der Waals surface area contributed by atoms with Gasteiger partial charge in [-0.3, -0.25) is 0 Å². The molecule has 0 saturated carbocycles. The van der Waals surface area contributed by atoms with Crippen molar-refractivity contribution in [3.05, 3.63) is 41.0 Å². The van der Waals surface area contributed by atoms with Gasteiger partial charge < -0.3 is 19.3 Å². The first kappa shape index (κ1) is 25.1. The van der Waals surface area contributed by atoms with E-state index in [1.165, 1.54) is 19.2 Å². The first-order chi connectivity index (χ1) is 16.2. The molecule has 1 aromatic carbocycles. The number of benzene rings is 1. The molecule has 1 aliphatic heterocycles. The predicted octanol–water partition coefficient (Wildman–Crippen LogP) is 2.77. The molecule has 35 heavy (non-hydrogen) atoms. The van der Waals surface area contributed by atoms with Gasteiger partial charge in [0.15, 0.2) is 9.84 Å². The number of rotatable bonds is 5. The number of ether oxygens (including phenoxy) is 1. The number of carbonyl (C=O) groups excluding carboxylic acids is 1. The highest BCUT2D eigenvalue weighted by molar-refractivity contribution is 7.90. The Balaban J connectivity index is 1.87. The van der Waals surface area contributed by atoms with Gasteiger partial charge in [0.05, 0.1) is 40.2 Å². The highest BCUT2D eigenvalue weighted by Crippen LogP contribution is 2.37. The molecule has 0 fully saturated rings. The lowest BCUT2D eigenvalue weighted by Crippen LogP contribution is -2.42. The Morgan fingerprint density at radius 3 is 2.46 bits per heavy atom. The Hall–Kier alpha value is -3.05. The van der Waals surface area contributed by atoms with Crippen LogP contribution in [-0.4, -0.2) is 58.9 Å². The number of carbonyl (C=O) groups is 1. The van der Waals surface area contributed by atoms with Crippen LogP contribution in [-0.2, 0) is 26.7 Å². The Morgan fingerprint density at radius 1 is 1.23 bits per heavy atom. The van der Waals surface area contributed by atoms with Crippen LogP contribution in [0, 0.1) is 12.8 Å². The topological polar surface area (TPSA) is 128 Å². The number of hydrogen-bond donors (Lipinski definition) is 1. The standard InChI is InChI=1S/C24H31N5O5S/c1-13(2)20-21-27-17-10-15(22(30)34-6)19(35(7,32)33)11-18(17)28(21)8-9-29(20)23-25-12-16(14(3)26-23)24(4,5)31/h10-13,20,31H,8-9H2,1-7H3/t20-/m1/s1. The average molecular weight is 502 g/mol. The maximum Gasteiger partial charge on any atom is 0.339 e. The third kappa shape index (κ3) is 4.38.